The van der Waals surface area contributed by atoms with E-state index in [1.165, 1.54) is 121 Å². The fourth-order valence-electron chi connectivity index (χ4n) is 11.5. The van der Waals surface area contributed by atoms with Crippen LogP contribution in [-0.4, -0.2) is 18.1 Å². The molecule has 0 radical (unpaired) electrons. The van der Waals surface area contributed by atoms with E-state index in [1.807, 2.05) is 0 Å². The van der Waals surface area contributed by atoms with Gasteiger partial charge in [-0.25, -0.2) is 0 Å². The smallest absolute Gasteiger partial charge is 0.0810 e. The normalized spacial score (nSPS) is 12.2. The molecule has 0 saturated heterocycles. The highest BCUT2D eigenvalue weighted by molar-refractivity contribution is 6.30. The molecular weight excluding hydrogens is 801 g/mol. The van der Waals surface area contributed by atoms with Crippen LogP contribution in [0.1, 0.15) is 0 Å². The van der Waals surface area contributed by atoms with Crippen LogP contribution >= 0.6 is 0 Å². The number of fused-ring (bicyclic) bond motifs is 14. The zero-order valence-corrected chi connectivity index (χ0v) is 35.7. The van der Waals surface area contributed by atoms with Gasteiger partial charge in [-0.2, -0.15) is 0 Å². The zero-order chi connectivity index (χ0) is 43.0. The minimum absolute atomic E-state index is 1.15. The summed E-state index contributed by atoms with van der Waals surface area (Å²) in [6, 6.07) is 84.9. The Labute approximate surface area is 379 Å². The molecule has 0 unspecified atom stereocenters. The van der Waals surface area contributed by atoms with Crippen molar-refractivity contribution in [3.63, 3.8) is 0 Å². The molecule has 0 aliphatic carbocycles. The van der Waals surface area contributed by atoms with Crippen LogP contribution in [0, 0.1) is 0 Å². The average Bonchev–Trinajstić information content (AvgIpc) is 4.17. The molecule has 9 aromatic carbocycles. The molecule has 6 aromatic heterocycles. The van der Waals surface area contributed by atoms with Crippen molar-refractivity contribution in [2.45, 2.75) is 0 Å². The van der Waals surface area contributed by atoms with Gasteiger partial charge in [0.05, 0.1) is 49.7 Å². The predicted octanol–water partition coefficient (Wildman–Crippen LogP) is 16.3. The molecule has 0 bridgehead atoms. The molecule has 6 heterocycles. The molecule has 0 aliphatic heterocycles. The Morgan fingerprint density at radius 1 is 0.212 bits per heavy atom. The van der Waals surface area contributed by atoms with E-state index in [2.05, 4.69) is 249 Å². The number of aromatic nitrogens is 4. The fraction of sp³-hybridized carbons (Fsp3) is 0. The summed E-state index contributed by atoms with van der Waals surface area (Å²) in [4.78, 5) is 0. The Hall–Kier alpha value is -8.86. The number of rotatable bonds is 5. The lowest BCUT2D eigenvalue weighted by molar-refractivity contribution is 1.18. The van der Waals surface area contributed by atoms with Crippen molar-refractivity contribution in [1.82, 2.24) is 18.1 Å². The minimum Gasteiger partial charge on any atom is -0.309 e. The van der Waals surface area contributed by atoms with Crippen molar-refractivity contribution < 1.29 is 0 Å². The third-order valence-electron chi connectivity index (χ3n) is 14.3. The Morgan fingerprint density at radius 3 is 1.11 bits per heavy atom. The second-order valence-electron chi connectivity index (χ2n) is 17.7. The van der Waals surface area contributed by atoms with Gasteiger partial charge >= 0.3 is 0 Å². The highest BCUT2D eigenvalue weighted by Gasteiger charge is 2.25. The van der Waals surface area contributed by atoms with Crippen molar-refractivity contribution in [2.24, 2.45) is 0 Å². The van der Waals surface area contributed by atoms with Gasteiger partial charge in [0.1, 0.15) is 0 Å². The number of hydrogen-bond acceptors (Lipinski definition) is 0. The van der Waals surface area contributed by atoms with Crippen molar-refractivity contribution in [3.05, 3.63) is 231 Å². The lowest BCUT2D eigenvalue weighted by atomic mass is 9.98. The molecule has 4 nitrogen and oxygen atoms in total. The Bertz CT molecular complexity index is 4430. The molecule has 306 valence electrons. The minimum atomic E-state index is 1.15. The van der Waals surface area contributed by atoms with E-state index in [-0.39, 0.29) is 0 Å². The molecule has 66 heavy (non-hydrogen) atoms. The van der Waals surface area contributed by atoms with Gasteiger partial charge in [0, 0.05) is 60.2 Å². The van der Waals surface area contributed by atoms with Crippen LogP contribution in [0.5, 0.6) is 0 Å². The van der Waals surface area contributed by atoms with Gasteiger partial charge in [0.2, 0.25) is 0 Å². The van der Waals surface area contributed by atoms with Crippen LogP contribution in [0.25, 0.3) is 132 Å². The maximum Gasteiger partial charge on any atom is 0.0810 e. The summed E-state index contributed by atoms with van der Waals surface area (Å²) in [6.07, 6.45) is 0. The Morgan fingerprint density at radius 2 is 0.576 bits per heavy atom. The van der Waals surface area contributed by atoms with Gasteiger partial charge in [-0.15, -0.1) is 0 Å². The maximum absolute atomic E-state index is 2.49. The molecule has 0 saturated carbocycles. The summed E-state index contributed by atoms with van der Waals surface area (Å²) < 4.78 is 9.78. The predicted molar refractivity (Wildman–Crippen MR) is 277 cm³/mol. The number of pyridine rings is 1. The molecular formula is C62H38N4. The summed E-state index contributed by atoms with van der Waals surface area (Å²) in [7, 11) is 0. The Kier molecular flexibility index (Phi) is 7.19. The van der Waals surface area contributed by atoms with E-state index < -0.39 is 0 Å². The number of hydrogen-bond donors (Lipinski definition) is 0. The standard InChI is InChI=1S/C62H38N4/c1-4-15-43(16-5-1)63-53-24-13-12-22-47(53)49-35-39(27-31-55(49)63)40-28-32-56-50(36-40)51-37-41(29-33-57(51)64(56)44-17-6-2-7-18-44)42-30-34-58-52(38-42)60-59-26-14-25-54-46-21-10-11-23-48(46)61(66(54)59)62(60)65(58)45-19-8-3-9-20-45/h1-38H. The van der Waals surface area contributed by atoms with E-state index in [4.69, 9.17) is 0 Å². The number of benzene rings is 9. The topological polar surface area (TPSA) is 19.2 Å². The highest BCUT2D eigenvalue weighted by Crippen LogP contribution is 2.46. The fourth-order valence-corrected chi connectivity index (χ4v) is 11.5. The van der Waals surface area contributed by atoms with Gasteiger partial charge < -0.3 is 18.1 Å². The van der Waals surface area contributed by atoms with Crippen LogP contribution in [0.3, 0.4) is 0 Å². The van der Waals surface area contributed by atoms with Gasteiger partial charge in [0.15, 0.2) is 0 Å². The average molecular weight is 839 g/mol. The first kappa shape index (κ1) is 35.6. The largest absolute Gasteiger partial charge is 0.309 e. The van der Waals surface area contributed by atoms with Crippen LogP contribution in [-0.2, 0) is 0 Å². The van der Waals surface area contributed by atoms with Crippen molar-refractivity contribution >= 4 is 92.7 Å². The highest BCUT2D eigenvalue weighted by atomic mass is 15.0. The van der Waals surface area contributed by atoms with E-state index in [1.54, 1.807) is 0 Å². The molecule has 15 aromatic rings. The first-order valence-corrected chi connectivity index (χ1v) is 22.8. The van der Waals surface area contributed by atoms with E-state index in [0.717, 1.165) is 11.4 Å². The summed E-state index contributed by atoms with van der Waals surface area (Å²) in [5.74, 6) is 0. The summed E-state index contributed by atoms with van der Waals surface area (Å²) in [6.45, 7) is 0. The van der Waals surface area contributed by atoms with Crippen LogP contribution in [0.4, 0.5) is 0 Å². The third kappa shape index (κ3) is 4.82. The van der Waals surface area contributed by atoms with Gasteiger partial charge in [-0.05, 0) is 125 Å². The van der Waals surface area contributed by atoms with Gasteiger partial charge in [-0.3, -0.25) is 0 Å². The quantitative estimate of drug-likeness (QED) is 0.164. The van der Waals surface area contributed by atoms with E-state index in [9.17, 15) is 0 Å². The summed E-state index contributed by atoms with van der Waals surface area (Å²) in [5, 5.41) is 10.1. The second-order valence-corrected chi connectivity index (χ2v) is 17.7. The zero-order valence-electron chi connectivity index (χ0n) is 35.7. The molecule has 4 heteroatoms. The molecule has 0 spiro atoms. The summed E-state index contributed by atoms with van der Waals surface area (Å²) in [5.41, 5.74) is 19.3. The van der Waals surface area contributed by atoms with Crippen molar-refractivity contribution in [1.29, 1.82) is 0 Å². The lowest BCUT2D eigenvalue weighted by Gasteiger charge is -2.10. The molecule has 0 fully saturated rings. The maximum atomic E-state index is 2.49. The lowest BCUT2D eigenvalue weighted by Crippen LogP contribution is -1.94. The first-order valence-electron chi connectivity index (χ1n) is 22.8. The molecule has 0 aliphatic rings. The Balaban J connectivity index is 0.954. The summed E-state index contributed by atoms with van der Waals surface area (Å²) >= 11 is 0. The van der Waals surface area contributed by atoms with Crippen LogP contribution in [0.15, 0.2) is 231 Å². The molecule has 0 N–H and O–H groups in total. The third-order valence-corrected chi connectivity index (χ3v) is 14.3. The second kappa shape index (κ2) is 13.3. The van der Waals surface area contributed by atoms with Crippen molar-refractivity contribution in [3.8, 4) is 39.3 Å². The van der Waals surface area contributed by atoms with E-state index >= 15 is 0 Å². The van der Waals surface area contributed by atoms with Crippen LogP contribution < -0.4 is 0 Å². The van der Waals surface area contributed by atoms with Crippen LogP contribution in [0.2, 0.25) is 0 Å². The molecule has 0 atom stereocenters. The number of para-hydroxylation sites is 4. The van der Waals surface area contributed by atoms with E-state index in [0.29, 0.717) is 0 Å². The first-order chi connectivity index (χ1) is 32.8. The molecule has 15 rings (SSSR count). The van der Waals surface area contributed by atoms with Gasteiger partial charge in [0.25, 0.3) is 0 Å². The van der Waals surface area contributed by atoms with Gasteiger partial charge in [-0.1, -0.05) is 127 Å². The monoisotopic (exact) mass is 838 g/mol. The number of nitrogens with zero attached hydrogens (tertiary/aromatic N) is 4. The van der Waals surface area contributed by atoms with Crippen molar-refractivity contribution in [2.75, 3.05) is 0 Å². The SMILES string of the molecule is c1ccc(-n2c3ccccc3c3cc(-c4ccc5c(c4)c4cc(-c6ccc7c(c6)c6c(c8c9ccccc9c9cccc6n98)n7-c6ccccc6)ccc4n5-c4ccccc4)ccc32)cc1. The molecule has 0 amide bonds.